The highest BCUT2D eigenvalue weighted by Gasteiger charge is 2.18. The van der Waals surface area contributed by atoms with Crippen molar-refractivity contribution in [2.24, 2.45) is 5.73 Å². The van der Waals surface area contributed by atoms with Gasteiger partial charge in [-0.05, 0) is 66.1 Å². The van der Waals surface area contributed by atoms with E-state index in [1.807, 2.05) is 37.3 Å². The van der Waals surface area contributed by atoms with Crippen LogP contribution in [-0.4, -0.2) is 32.2 Å². The van der Waals surface area contributed by atoms with Crippen LogP contribution < -0.4 is 20.5 Å². The minimum Gasteiger partial charge on any atom is -0.497 e. The maximum atomic E-state index is 11.5. The molecule has 3 rings (SSSR count). The first-order valence-electron chi connectivity index (χ1n) is 10.5. The lowest BCUT2D eigenvalue weighted by atomic mass is 10.1. The summed E-state index contributed by atoms with van der Waals surface area (Å²) in [7, 11) is 4.42. The molecule has 0 saturated carbocycles. The van der Waals surface area contributed by atoms with Gasteiger partial charge in [0.2, 0.25) is 0 Å². The summed E-state index contributed by atoms with van der Waals surface area (Å²) in [5.41, 5.74) is 8.64. The zero-order chi connectivity index (χ0) is 26.0. The first-order chi connectivity index (χ1) is 16.7. The van der Waals surface area contributed by atoms with Gasteiger partial charge >= 0.3 is 5.97 Å². The summed E-state index contributed by atoms with van der Waals surface area (Å²) >= 11 is 5.77. The minimum atomic E-state index is -0.618. The fourth-order valence-electron chi connectivity index (χ4n) is 3.18. The third-order valence-electron chi connectivity index (χ3n) is 4.85. The number of nitrogens with zero attached hydrogens (tertiary/aromatic N) is 1. The molecule has 0 heterocycles. The van der Waals surface area contributed by atoms with Gasteiger partial charge in [-0.15, -0.1) is 0 Å². The number of nitro groups is 1. The number of aryl methyl sites for hydroxylation is 1. The van der Waals surface area contributed by atoms with Crippen molar-refractivity contribution >= 4 is 28.9 Å². The molecule has 3 aromatic carbocycles. The summed E-state index contributed by atoms with van der Waals surface area (Å²) in [6.45, 7) is 2.81. The van der Waals surface area contributed by atoms with E-state index in [-0.39, 0.29) is 18.7 Å². The van der Waals surface area contributed by atoms with Crippen LogP contribution in [0.25, 0.3) is 0 Å². The van der Waals surface area contributed by atoms with E-state index in [4.69, 9.17) is 26.8 Å². The van der Waals surface area contributed by atoms with Gasteiger partial charge in [0.1, 0.15) is 17.2 Å². The molecule has 0 saturated heterocycles. The molecule has 10 heteroatoms. The van der Waals surface area contributed by atoms with Gasteiger partial charge in [-0.3, -0.25) is 10.1 Å². The number of nitro benzene ring substituents is 1. The molecule has 0 unspecified atom stereocenters. The predicted molar refractivity (Wildman–Crippen MR) is 142 cm³/mol. The highest BCUT2D eigenvalue weighted by atomic mass is 35.5. The minimum absolute atomic E-state index is 0. The molecule has 3 N–H and O–H groups in total. The summed E-state index contributed by atoms with van der Waals surface area (Å²) in [5.74, 6) is 0.855. The van der Waals surface area contributed by atoms with Gasteiger partial charge in [0.15, 0.2) is 0 Å². The molecule has 0 atom stereocenters. The van der Waals surface area contributed by atoms with E-state index in [1.165, 1.54) is 25.3 Å². The standard InChI is InChI=1S/C17H18N2O5.C8H10ClNO.CH4/c1-11-6-12(8-14(7-11)23-2)10-18-15-5-4-13(17(20)24-3)9-16(15)19(21)22;1-11-8-3-6(5-10)2-7(9)4-8;/h4-9,18H,10H2,1-3H3;2-4H,5,10H2,1H3;1H4. The number of esters is 1. The Morgan fingerprint density at radius 1 is 1.00 bits per heavy atom. The second-order valence-corrected chi connectivity index (χ2v) is 7.83. The van der Waals surface area contributed by atoms with E-state index in [1.54, 1.807) is 20.3 Å². The number of benzene rings is 3. The van der Waals surface area contributed by atoms with Gasteiger partial charge in [-0.2, -0.15) is 0 Å². The number of carbonyl (C=O) groups excluding carboxylic acids is 1. The second kappa shape index (κ2) is 14.6. The Morgan fingerprint density at radius 3 is 2.22 bits per heavy atom. The molecule has 36 heavy (non-hydrogen) atoms. The van der Waals surface area contributed by atoms with Gasteiger partial charge in [0.05, 0.1) is 31.8 Å². The summed E-state index contributed by atoms with van der Waals surface area (Å²) in [5, 5.41) is 14.9. The quantitative estimate of drug-likeness (QED) is 0.219. The predicted octanol–water partition coefficient (Wildman–Crippen LogP) is 5.75. The summed E-state index contributed by atoms with van der Waals surface area (Å²) in [4.78, 5) is 22.2. The van der Waals surface area contributed by atoms with Crippen LogP contribution in [-0.2, 0) is 17.8 Å². The molecule has 9 nitrogen and oxygen atoms in total. The van der Waals surface area contributed by atoms with Crippen molar-refractivity contribution in [2.45, 2.75) is 27.4 Å². The van der Waals surface area contributed by atoms with Crippen LogP contribution >= 0.6 is 11.6 Å². The number of methoxy groups -OCH3 is 3. The van der Waals surface area contributed by atoms with Crippen molar-refractivity contribution < 1.29 is 23.9 Å². The van der Waals surface area contributed by atoms with E-state index in [0.717, 1.165) is 28.2 Å². The average Bonchev–Trinajstić information content (AvgIpc) is 2.86. The summed E-state index contributed by atoms with van der Waals surface area (Å²) < 4.78 is 14.8. The van der Waals surface area contributed by atoms with Crippen LogP contribution in [0.5, 0.6) is 11.5 Å². The van der Waals surface area contributed by atoms with Crippen molar-refractivity contribution in [3.8, 4) is 11.5 Å². The molecular formula is C26H32ClN3O6. The van der Waals surface area contributed by atoms with Crippen LogP contribution in [0.1, 0.15) is 34.5 Å². The molecule has 0 amide bonds. The smallest absolute Gasteiger partial charge is 0.338 e. The van der Waals surface area contributed by atoms with Crippen molar-refractivity contribution in [1.29, 1.82) is 0 Å². The first kappa shape index (κ1) is 30.2. The number of anilines is 1. The molecule has 0 aliphatic heterocycles. The van der Waals surface area contributed by atoms with Crippen LogP contribution in [0, 0.1) is 17.0 Å². The fourth-order valence-corrected chi connectivity index (χ4v) is 3.42. The van der Waals surface area contributed by atoms with Crippen LogP contribution in [0.2, 0.25) is 5.02 Å². The molecule has 0 aliphatic rings. The number of ether oxygens (including phenoxy) is 3. The normalized spacial score (nSPS) is 9.72. The lowest BCUT2D eigenvalue weighted by Crippen LogP contribution is -2.06. The van der Waals surface area contributed by atoms with E-state index >= 15 is 0 Å². The van der Waals surface area contributed by atoms with Gasteiger partial charge < -0.3 is 25.3 Å². The molecule has 194 valence electrons. The molecule has 3 aromatic rings. The number of hydrogen-bond acceptors (Lipinski definition) is 8. The number of nitrogens with two attached hydrogens (primary N) is 1. The zero-order valence-electron chi connectivity index (χ0n) is 20.0. The molecule has 0 bridgehead atoms. The lowest BCUT2D eigenvalue weighted by Gasteiger charge is -2.10. The van der Waals surface area contributed by atoms with Gasteiger partial charge in [-0.1, -0.05) is 25.1 Å². The average molecular weight is 518 g/mol. The van der Waals surface area contributed by atoms with Gasteiger partial charge in [-0.25, -0.2) is 4.79 Å². The third kappa shape index (κ3) is 8.75. The maximum Gasteiger partial charge on any atom is 0.338 e. The van der Waals surface area contributed by atoms with Gasteiger partial charge in [0, 0.05) is 24.2 Å². The Balaban J connectivity index is 0.000000454. The highest BCUT2D eigenvalue weighted by molar-refractivity contribution is 6.30. The van der Waals surface area contributed by atoms with E-state index < -0.39 is 10.9 Å². The Labute approximate surface area is 216 Å². The Hall–Kier alpha value is -3.82. The first-order valence-corrected chi connectivity index (χ1v) is 10.9. The topological polar surface area (TPSA) is 126 Å². The fraction of sp³-hybridized carbons (Fsp3) is 0.269. The van der Waals surface area contributed by atoms with Crippen molar-refractivity contribution in [2.75, 3.05) is 26.6 Å². The molecule has 0 fully saturated rings. The van der Waals surface area contributed by atoms with E-state index in [0.29, 0.717) is 23.8 Å². The Morgan fingerprint density at radius 2 is 1.64 bits per heavy atom. The lowest BCUT2D eigenvalue weighted by molar-refractivity contribution is -0.384. The SMILES string of the molecule is C.COC(=O)c1ccc(NCc2cc(C)cc(OC)c2)c([N+](=O)[O-])c1.COc1cc(Cl)cc(CN)c1. The molecule has 0 aromatic heterocycles. The van der Waals surface area contributed by atoms with Crippen molar-refractivity contribution in [3.63, 3.8) is 0 Å². The Bertz CT molecular complexity index is 1160. The van der Waals surface area contributed by atoms with Crippen LogP contribution in [0.15, 0.2) is 54.6 Å². The van der Waals surface area contributed by atoms with E-state index in [2.05, 4.69) is 10.1 Å². The molecule has 0 radical (unpaired) electrons. The largest absolute Gasteiger partial charge is 0.497 e. The monoisotopic (exact) mass is 517 g/mol. The second-order valence-electron chi connectivity index (χ2n) is 7.40. The highest BCUT2D eigenvalue weighted by Crippen LogP contribution is 2.27. The number of hydrogen-bond donors (Lipinski definition) is 2. The maximum absolute atomic E-state index is 11.5. The summed E-state index contributed by atoms with van der Waals surface area (Å²) in [6, 6.07) is 15.3. The third-order valence-corrected chi connectivity index (χ3v) is 5.07. The Kier molecular flexibility index (Phi) is 12.2. The van der Waals surface area contributed by atoms with Crippen molar-refractivity contribution in [3.05, 3.63) is 92.0 Å². The van der Waals surface area contributed by atoms with Gasteiger partial charge in [0.25, 0.3) is 5.69 Å². The number of rotatable bonds is 8. The van der Waals surface area contributed by atoms with Crippen LogP contribution in [0.4, 0.5) is 11.4 Å². The van der Waals surface area contributed by atoms with E-state index in [9.17, 15) is 14.9 Å². The molecule has 0 aliphatic carbocycles. The van der Waals surface area contributed by atoms with Crippen LogP contribution in [0.3, 0.4) is 0 Å². The number of nitrogens with one attached hydrogen (secondary N) is 1. The number of halogens is 1. The number of carbonyl (C=O) groups is 1. The van der Waals surface area contributed by atoms with Crippen molar-refractivity contribution in [1.82, 2.24) is 0 Å². The molecule has 0 spiro atoms. The molecular weight excluding hydrogens is 486 g/mol. The zero-order valence-corrected chi connectivity index (χ0v) is 20.7. The summed E-state index contributed by atoms with van der Waals surface area (Å²) in [6.07, 6.45) is 0.